The van der Waals surface area contributed by atoms with Gasteiger partial charge >= 0.3 is 0 Å². The Balaban J connectivity index is 2.67. The Morgan fingerprint density at radius 3 is 3.08 bits per heavy atom. The summed E-state index contributed by atoms with van der Waals surface area (Å²) in [4.78, 5) is 5.49. The fourth-order valence-electron chi connectivity index (χ4n) is 1.05. The molecule has 0 aromatic carbocycles. The molecule has 0 radical (unpaired) electrons. The largest absolute Gasteiger partial charge is 0.326 e. The molecule has 62 valence electrons. The van der Waals surface area contributed by atoms with Crippen molar-refractivity contribution in [3.8, 4) is 0 Å². The van der Waals surface area contributed by atoms with E-state index in [1.54, 1.807) is 11.3 Å². The van der Waals surface area contributed by atoms with Crippen LogP contribution in [0.2, 0.25) is 0 Å². The lowest BCUT2D eigenvalue weighted by molar-refractivity contribution is 1.11. The molecular formula is C8H7BrN2S. The third-order valence-corrected chi connectivity index (χ3v) is 3.15. The van der Waals surface area contributed by atoms with Crippen LogP contribution in [0.1, 0.15) is 4.88 Å². The van der Waals surface area contributed by atoms with Gasteiger partial charge in [0.15, 0.2) is 0 Å². The van der Waals surface area contributed by atoms with Crippen LogP contribution in [0.5, 0.6) is 0 Å². The second kappa shape index (κ2) is 3.12. The van der Waals surface area contributed by atoms with Crippen molar-refractivity contribution in [2.75, 3.05) is 0 Å². The van der Waals surface area contributed by atoms with Gasteiger partial charge in [0.2, 0.25) is 0 Å². The Morgan fingerprint density at radius 1 is 1.50 bits per heavy atom. The van der Waals surface area contributed by atoms with Crippen molar-refractivity contribution in [1.82, 2.24) is 4.98 Å². The Kier molecular flexibility index (Phi) is 2.12. The fourth-order valence-corrected chi connectivity index (χ4v) is 2.26. The third-order valence-electron chi connectivity index (χ3n) is 1.59. The van der Waals surface area contributed by atoms with E-state index in [2.05, 4.69) is 27.0 Å². The molecule has 4 heteroatoms. The smallest absolute Gasteiger partial charge is 0.106 e. The molecule has 2 rings (SSSR count). The number of halogens is 1. The van der Waals surface area contributed by atoms with Gasteiger partial charge in [-0.1, -0.05) is 0 Å². The molecule has 2 aromatic heterocycles. The molecular weight excluding hydrogens is 236 g/mol. The predicted octanol–water partition coefficient (Wildman–Crippen LogP) is 2.52. The number of hydrogen-bond donors (Lipinski definition) is 1. The van der Waals surface area contributed by atoms with Crippen LogP contribution >= 0.6 is 27.3 Å². The Morgan fingerprint density at radius 2 is 2.33 bits per heavy atom. The lowest BCUT2D eigenvalue weighted by Gasteiger charge is -1.87. The van der Waals surface area contributed by atoms with Gasteiger partial charge in [0.25, 0.3) is 0 Å². The first-order valence-corrected chi connectivity index (χ1v) is 5.15. The van der Waals surface area contributed by atoms with E-state index < -0.39 is 0 Å². The SMILES string of the molecule is NCc1cc2nc(Br)ccc2s1. The normalized spacial score (nSPS) is 10.8. The summed E-state index contributed by atoms with van der Waals surface area (Å²) < 4.78 is 2.06. The van der Waals surface area contributed by atoms with Crippen LogP contribution in [0.15, 0.2) is 22.8 Å². The summed E-state index contributed by atoms with van der Waals surface area (Å²) in [5, 5.41) is 0. The van der Waals surface area contributed by atoms with E-state index >= 15 is 0 Å². The molecule has 0 aliphatic heterocycles. The van der Waals surface area contributed by atoms with Gasteiger partial charge in [-0.25, -0.2) is 4.98 Å². The maximum absolute atomic E-state index is 5.52. The number of pyridine rings is 1. The zero-order chi connectivity index (χ0) is 8.55. The quantitative estimate of drug-likeness (QED) is 0.781. The van der Waals surface area contributed by atoms with E-state index in [-0.39, 0.29) is 0 Å². The molecule has 0 saturated carbocycles. The van der Waals surface area contributed by atoms with Gasteiger partial charge in [-0.3, -0.25) is 0 Å². The topological polar surface area (TPSA) is 38.9 Å². The summed E-state index contributed by atoms with van der Waals surface area (Å²) in [6, 6.07) is 6.03. The molecule has 0 saturated heterocycles. The number of fused-ring (bicyclic) bond motifs is 1. The fraction of sp³-hybridized carbons (Fsp3) is 0.125. The highest BCUT2D eigenvalue weighted by atomic mass is 79.9. The van der Waals surface area contributed by atoms with Crippen molar-refractivity contribution in [2.45, 2.75) is 6.54 Å². The number of nitrogens with zero attached hydrogens (tertiary/aromatic N) is 1. The van der Waals surface area contributed by atoms with Gasteiger partial charge < -0.3 is 5.73 Å². The number of aromatic nitrogens is 1. The van der Waals surface area contributed by atoms with Crippen LogP contribution in [0.3, 0.4) is 0 Å². The molecule has 0 aliphatic rings. The average Bonchev–Trinajstić information content (AvgIpc) is 2.46. The van der Waals surface area contributed by atoms with E-state index in [9.17, 15) is 0 Å². The van der Waals surface area contributed by atoms with Crippen molar-refractivity contribution >= 4 is 37.5 Å². The van der Waals surface area contributed by atoms with Crippen LogP contribution < -0.4 is 5.73 Å². The lowest BCUT2D eigenvalue weighted by Crippen LogP contribution is -1.91. The van der Waals surface area contributed by atoms with E-state index in [1.807, 2.05) is 12.1 Å². The number of thiophene rings is 1. The summed E-state index contributed by atoms with van der Waals surface area (Å²) in [5.41, 5.74) is 6.55. The number of rotatable bonds is 1. The highest BCUT2D eigenvalue weighted by molar-refractivity contribution is 9.10. The van der Waals surface area contributed by atoms with Crippen molar-refractivity contribution < 1.29 is 0 Å². The maximum Gasteiger partial charge on any atom is 0.106 e. The molecule has 2 N–H and O–H groups in total. The van der Waals surface area contributed by atoms with E-state index in [0.717, 1.165) is 10.1 Å². The first kappa shape index (κ1) is 8.16. The van der Waals surface area contributed by atoms with Gasteiger partial charge in [-0.15, -0.1) is 11.3 Å². The molecule has 0 amide bonds. The zero-order valence-corrected chi connectivity index (χ0v) is 8.65. The minimum atomic E-state index is 0.596. The minimum absolute atomic E-state index is 0.596. The van der Waals surface area contributed by atoms with Gasteiger partial charge in [0, 0.05) is 11.4 Å². The summed E-state index contributed by atoms with van der Waals surface area (Å²) >= 11 is 5.02. The summed E-state index contributed by atoms with van der Waals surface area (Å²) in [5.74, 6) is 0. The van der Waals surface area contributed by atoms with Crippen molar-refractivity contribution in [1.29, 1.82) is 0 Å². The molecule has 0 unspecified atom stereocenters. The van der Waals surface area contributed by atoms with Crippen molar-refractivity contribution in [2.24, 2.45) is 5.73 Å². The molecule has 0 aliphatic carbocycles. The van der Waals surface area contributed by atoms with Crippen LogP contribution in [0, 0.1) is 0 Å². The average molecular weight is 243 g/mol. The molecule has 2 heterocycles. The third kappa shape index (κ3) is 1.37. The monoisotopic (exact) mass is 242 g/mol. The molecule has 0 atom stereocenters. The van der Waals surface area contributed by atoms with Gasteiger partial charge in [-0.05, 0) is 34.1 Å². The van der Waals surface area contributed by atoms with Crippen LogP contribution in [-0.4, -0.2) is 4.98 Å². The predicted molar refractivity (Wildman–Crippen MR) is 55.2 cm³/mol. The summed E-state index contributed by atoms with van der Waals surface area (Å²) in [6.45, 7) is 0.596. The van der Waals surface area contributed by atoms with Crippen molar-refractivity contribution in [3.05, 3.63) is 27.7 Å². The molecule has 0 bridgehead atoms. The minimum Gasteiger partial charge on any atom is -0.326 e. The van der Waals surface area contributed by atoms with Crippen molar-refractivity contribution in [3.63, 3.8) is 0 Å². The van der Waals surface area contributed by atoms with Crippen LogP contribution in [0.4, 0.5) is 0 Å². The molecule has 2 aromatic rings. The highest BCUT2D eigenvalue weighted by Crippen LogP contribution is 2.24. The van der Waals surface area contributed by atoms with Gasteiger partial charge in [0.1, 0.15) is 4.60 Å². The van der Waals surface area contributed by atoms with Crippen LogP contribution in [-0.2, 0) is 6.54 Å². The number of hydrogen-bond acceptors (Lipinski definition) is 3. The zero-order valence-electron chi connectivity index (χ0n) is 6.25. The first-order valence-electron chi connectivity index (χ1n) is 3.54. The Hall–Kier alpha value is -0.450. The Bertz CT molecular complexity index is 410. The van der Waals surface area contributed by atoms with E-state index in [4.69, 9.17) is 5.73 Å². The van der Waals surface area contributed by atoms with Gasteiger partial charge in [0.05, 0.1) is 10.2 Å². The highest BCUT2D eigenvalue weighted by Gasteiger charge is 2.01. The van der Waals surface area contributed by atoms with Crippen LogP contribution in [0.25, 0.3) is 10.2 Å². The summed E-state index contributed by atoms with van der Waals surface area (Å²) in [7, 11) is 0. The molecule has 2 nitrogen and oxygen atoms in total. The second-order valence-corrected chi connectivity index (χ2v) is 4.41. The molecule has 0 fully saturated rings. The molecule has 12 heavy (non-hydrogen) atoms. The Labute approximate surface area is 82.5 Å². The second-order valence-electron chi connectivity index (χ2n) is 2.43. The van der Waals surface area contributed by atoms with E-state index in [1.165, 1.54) is 9.58 Å². The molecule has 0 spiro atoms. The first-order chi connectivity index (χ1) is 5.79. The van der Waals surface area contributed by atoms with Gasteiger partial charge in [-0.2, -0.15) is 0 Å². The lowest BCUT2D eigenvalue weighted by atomic mass is 10.4. The summed E-state index contributed by atoms with van der Waals surface area (Å²) in [6.07, 6.45) is 0. The van der Waals surface area contributed by atoms with E-state index in [0.29, 0.717) is 6.54 Å². The standard InChI is InChI=1S/C8H7BrN2S/c9-8-2-1-7-6(11-8)3-5(4-10)12-7/h1-3H,4,10H2. The number of nitrogens with two attached hydrogens (primary N) is 1. The maximum atomic E-state index is 5.52.